The number of esters is 1. The van der Waals surface area contributed by atoms with Gasteiger partial charge in [-0.05, 0) is 55.7 Å². The first-order valence-electron chi connectivity index (χ1n) is 13.5. The Hall–Kier alpha value is -5.03. The number of nitro groups is 1. The number of hydrogen-bond acceptors (Lipinski definition) is 9. The van der Waals surface area contributed by atoms with Crippen molar-refractivity contribution < 1.29 is 23.9 Å². The molecule has 0 bridgehead atoms. The molecule has 0 N–H and O–H groups in total. The molecule has 0 radical (unpaired) electrons. The van der Waals surface area contributed by atoms with Crippen LogP contribution in [-0.2, 0) is 16.1 Å². The van der Waals surface area contributed by atoms with Crippen molar-refractivity contribution in [2.75, 3.05) is 7.11 Å². The van der Waals surface area contributed by atoms with Crippen molar-refractivity contribution in [1.29, 1.82) is 0 Å². The Bertz CT molecular complexity index is 1910. The van der Waals surface area contributed by atoms with Crippen LogP contribution in [0, 0.1) is 10.1 Å². The van der Waals surface area contributed by atoms with Crippen molar-refractivity contribution in [1.82, 2.24) is 4.57 Å². The number of aromatic nitrogens is 1. The van der Waals surface area contributed by atoms with Gasteiger partial charge >= 0.3 is 5.97 Å². The van der Waals surface area contributed by atoms with Crippen molar-refractivity contribution in [3.63, 3.8) is 0 Å². The summed E-state index contributed by atoms with van der Waals surface area (Å²) in [6.45, 7) is 5.53. The third-order valence-electron chi connectivity index (χ3n) is 6.70. The summed E-state index contributed by atoms with van der Waals surface area (Å²) in [4.78, 5) is 43.1. The van der Waals surface area contributed by atoms with Crippen LogP contribution in [0.1, 0.15) is 43.5 Å². The van der Waals surface area contributed by atoms with Crippen molar-refractivity contribution >= 4 is 29.1 Å². The summed E-state index contributed by atoms with van der Waals surface area (Å²) in [7, 11) is 1.52. The highest BCUT2D eigenvalue weighted by Crippen LogP contribution is 2.36. The van der Waals surface area contributed by atoms with E-state index >= 15 is 0 Å². The number of rotatable bonds is 9. The van der Waals surface area contributed by atoms with Crippen molar-refractivity contribution in [2.24, 2.45) is 4.99 Å². The lowest BCUT2D eigenvalue weighted by Gasteiger charge is -2.26. The molecule has 2 heterocycles. The first-order chi connectivity index (χ1) is 20.7. The minimum absolute atomic E-state index is 0.0874. The number of allylic oxidation sites excluding steroid dienone is 1. The van der Waals surface area contributed by atoms with Gasteiger partial charge in [-0.25, -0.2) is 9.79 Å². The highest BCUT2D eigenvalue weighted by molar-refractivity contribution is 7.07. The lowest BCUT2D eigenvalue weighted by atomic mass is 9.95. The Kier molecular flexibility index (Phi) is 8.53. The van der Waals surface area contributed by atoms with Gasteiger partial charge < -0.3 is 14.2 Å². The number of non-ortho nitro benzene ring substituents is 1. The summed E-state index contributed by atoms with van der Waals surface area (Å²) in [5.41, 5.74) is 2.23. The Morgan fingerprint density at radius 2 is 1.86 bits per heavy atom. The third kappa shape index (κ3) is 6.26. The quantitative estimate of drug-likeness (QED) is 0.156. The average molecular weight is 600 g/mol. The minimum Gasteiger partial charge on any atom is -0.493 e. The summed E-state index contributed by atoms with van der Waals surface area (Å²) in [6.07, 6.45) is 1.19. The van der Waals surface area contributed by atoms with Gasteiger partial charge in [0.05, 0.1) is 40.0 Å². The molecule has 1 unspecified atom stereocenters. The molecule has 1 aliphatic heterocycles. The average Bonchev–Trinajstić information content (AvgIpc) is 3.29. The van der Waals surface area contributed by atoms with E-state index in [9.17, 15) is 19.7 Å². The fraction of sp³-hybridized carbons (Fsp3) is 0.219. The van der Waals surface area contributed by atoms with Crippen LogP contribution in [0.25, 0.3) is 6.08 Å². The zero-order valence-electron chi connectivity index (χ0n) is 24.0. The van der Waals surface area contributed by atoms with Gasteiger partial charge in [-0.1, -0.05) is 59.9 Å². The van der Waals surface area contributed by atoms with Crippen LogP contribution in [0.2, 0.25) is 0 Å². The molecule has 0 amide bonds. The predicted molar refractivity (Wildman–Crippen MR) is 162 cm³/mol. The van der Waals surface area contributed by atoms with E-state index in [1.165, 1.54) is 23.8 Å². The van der Waals surface area contributed by atoms with E-state index < -0.39 is 28.6 Å². The molecule has 4 aromatic rings. The number of fused-ring (bicyclic) bond motifs is 1. The van der Waals surface area contributed by atoms with Crippen LogP contribution in [0.3, 0.4) is 0 Å². The molecule has 5 rings (SSSR count). The summed E-state index contributed by atoms with van der Waals surface area (Å²) < 4.78 is 19.0. The van der Waals surface area contributed by atoms with E-state index in [1.54, 1.807) is 57.2 Å². The molecule has 0 aliphatic carbocycles. The van der Waals surface area contributed by atoms with E-state index in [-0.39, 0.29) is 11.3 Å². The summed E-state index contributed by atoms with van der Waals surface area (Å²) in [5, 5.41) is 11.3. The van der Waals surface area contributed by atoms with Gasteiger partial charge in [-0.15, -0.1) is 0 Å². The van der Waals surface area contributed by atoms with Crippen LogP contribution >= 0.6 is 11.3 Å². The number of ether oxygens (including phenoxy) is 3. The third-order valence-corrected chi connectivity index (χ3v) is 7.69. The van der Waals surface area contributed by atoms with E-state index in [2.05, 4.69) is 4.99 Å². The lowest BCUT2D eigenvalue weighted by Crippen LogP contribution is -2.40. The second-order valence-electron chi connectivity index (χ2n) is 10.1. The van der Waals surface area contributed by atoms with Gasteiger partial charge in [0, 0.05) is 12.1 Å². The van der Waals surface area contributed by atoms with Crippen LogP contribution in [0.5, 0.6) is 11.5 Å². The fourth-order valence-corrected chi connectivity index (χ4v) is 5.81. The van der Waals surface area contributed by atoms with Gasteiger partial charge in [0.15, 0.2) is 16.3 Å². The number of carbonyl (C=O) groups excluding carboxylic acids is 1. The maximum atomic E-state index is 13.9. The van der Waals surface area contributed by atoms with Crippen molar-refractivity contribution in [3.8, 4) is 11.5 Å². The van der Waals surface area contributed by atoms with Gasteiger partial charge in [0.2, 0.25) is 0 Å². The second-order valence-corrected chi connectivity index (χ2v) is 11.1. The number of thiazole rings is 1. The van der Waals surface area contributed by atoms with E-state index in [0.717, 1.165) is 16.9 Å². The standard InChI is InChI=1S/C32H29N3O7S/c1-19(2)42-31(37)28-20(3)33-32-34(30(36)27(43-32)16-22-11-8-12-24(15-22)35(38)39)29(28)23-13-14-25(26(17-23)40-4)41-18-21-9-6-5-7-10-21/h5-17,19,29H,18H2,1-4H3/b27-16-. The number of carbonyl (C=O) groups is 1. The van der Waals surface area contributed by atoms with Gasteiger partial charge in [-0.3, -0.25) is 19.5 Å². The number of hydrogen-bond donors (Lipinski definition) is 0. The zero-order valence-corrected chi connectivity index (χ0v) is 24.8. The molecule has 1 atom stereocenters. The highest BCUT2D eigenvalue weighted by atomic mass is 32.1. The maximum absolute atomic E-state index is 13.9. The van der Waals surface area contributed by atoms with E-state index in [4.69, 9.17) is 14.2 Å². The molecule has 0 fully saturated rings. The zero-order chi connectivity index (χ0) is 30.7. The molecule has 1 aliphatic rings. The molecular formula is C32H29N3O7S. The SMILES string of the molecule is COc1cc(C2C(C(=O)OC(C)C)=C(C)N=c3s/c(=C\c4cccc([N+](=O)[O-])c4)c(=O)n32)ccc1OCc1ccccc1. The van der Waals surface area contributed by atoms with Crippen molar-refractivity contribution in [3.05, 3.63) is 131 Å². The topological polar surface area (TPSA) is 122 Å². The molecule has 0 saturated heterocycles. The Labute approximate surface area is 251 Å². The Morgan fingerprint density at radius 1 is 1.09 bits per heavy atom. The van der Waals surface area contributed by atoms with Crippen molar-refractivity contribution in [2.45, 2.75) is 39.5 Å². The van der Waals surface area contributed by atoms with Crippen LogP contribution < -0.4 is 24.4 Å². The number of nitrogens with zero attached hydrogens (tertiary/aromatic N) is 3. The summed E-state index contributed by atoms with van der Waals surface area (Å²) >= 11 is 1.14. The number of benzene rings is 3. The molecule has 0 spiro atoms. The van der Waals surface area contributed by atoms with Crippen LogP contribution in [0.4, 0.5) is 5.69 Å². The second kappa shape index (κ2) is 12.5. The summed E-state index contributed by atoms with van der Waals surface area (Å²) in [5.74, 6) is 0.344. The smallest absolute Gasteiger partial charge is 0.338 e. The lowest BCUT2D eigenvalue weighted by molar-refractivity contribution is -0.384. The van der Waals surface area contributed by atoms with E-state index in [0.29, 0.717) is 44.3 Å². The molecule has 11 heteroatoms. The summed E-state index contributed by atoms with van der Waals surface area (Å²) in [6, 6.07) is 20.1. The minimum atomic E-state index is -0.869. The molecule has 0 saturated carbocycles. The monoisotopic (exact) mass is 599 g/mol. The number of methoxy groups -OCH3 is 1. The van der Waals surface area contributed by atoms with Gasteiger partial charge in [0.25, 0.3) is 11.2 Å². The largest absolute Gasteiger partial charge is 0.493 e. The molecule has 220 valence electrons. The first kappa shape index (κ1) is 29.5. The highest BCUT2D eigenvalue weighted by Gasteiger charge is 2.34. The van der Waals surface area contributed by atoms with E-state index in [1.807, 2.05) is 30.3 Å². The molecule has 10 nitrogen and oxygen atoms in total. The van der Waals surface area contributed by atoms with Crippen LogP contribution in [-0.4, -0.2) is 28.7 Å². The Balaban J connectivity index is 1.63. The van der Waals surface area contributed by atoms with Gasteiger partial charge in [-0.2, -0.15) is 0 Å². The van der Waals surface area contributed by atoms with Crippen LogP contribution in [0.15, 0.2) is 93.9 Å². The molecular weight excluding hydrogens is 570 g/mol. The molecule has 43 heavy (non-hydrogen) atoms. The maximum Gasteiger partial charge on any atom is 0.338 e. The fourth-order valence-electron chi connectivity index (χ4n) is 4.76. The molecule has 1 aromatic heterocycles. The number of nitro benzene ring substituents is 1. The normalized spacial score (nSPS) is 14.7. The first-order valence-corrected chi connectivity index (χ1v) is 14.3. The predicted octanol–water partition coefficient (Wildman–Crippen LogP) is 4.68. The molecule has 3 aromatic carbocycles. The Morgan fingerprint density at radius 3 is 2.56 bits per heavy atom. The van der Waals surface area contributed by atoms with Gasteiger partial charge in [0.1, 0.15) is 6.61 Å².